The third kappa shape index (κ3) is 3.11. The van der Waals surface area contributed by atoms with Gasteiger partial charge in [0.15, 0.2) is 0 Å². The molecule has 0 unspecified atom stereocenters. The second-order valence-corrected chi connectivity index (χ2v) is 9.53. The SMILES string of the molecule is O=C(Nc1onc2c1CCC2)[C@@H]1CCCN(S(=O)(=O)c2cccs2)C1. The van der Waals surface area contributed by atoms with E-state index in [0.717, 1.165) is 30.5 Å². The summed E-state index contributed by atoms with van der Waals surface area (Å²) >= 11 is 1.20. The van der Waals surface area contributed by atoms with E-state index in [0.29, 0.717) is 29.5 Å². The molecule has 1 atom stereocenters. The van der Waals surface area contributed by atoms with Crippen molar-refractivity contribution in [2.75, 3.05) is 18.4 Å². The third-order valence-corrected chi connectivity index (χ3v) is 8.03. The van der Waals surface area contributed by atoms with Gasteiger partial charge in [0.25, 0.3) is 10.0 Å². The monoisotopic (exact) mass is 381 g/mol. The van der Waals surface area contributed by atoms with Crippen LogP contribution in [0, 0.1) is 5.92 Å². The molecule has 2 aliphatic rings. The van der Waals surface area contributed by atoms with E-state index in [-0.39, 0.29) is 18.4 Å². The maximum absolute atomic E-state index is 12.7. The number of hydrogen-bond acceptors (Lipinski definition) is 6. The summed E-state index contributed by atoms with van der Waals surface area (Å²) in [7, 11) is -3.52. The zero-order valence-electron chi connectivity index (χ0n) is 13.6. The van der Waals surface area contributed by atoms with Crippen molar-refractivity contribution < 1.29 is 17.7 Å². The van der Waals surface area contributed by atoms with Crippen LogP contribution in [0.1, 0.15) is 30.5 Å². The molecule has 25 heavy (non-hydrogen) atoms. The number of fused-ring (bicyclic) bond motifs is 1. The largest absolute Gasteiger partial charge is 0.338 e. The Balaban J connectivity index is 1.46. The van der Waals surface area contributed by atoms with Gasteiger partial charge in [0.2, 0.25) is 11.8 Å². The fraction of sp³-hybridized carbons (Fsp3) is 0.500. The molecule has 0 saturated carbocycles. The van der Waals surface area contributed by atoms with Crippen molar-refractivity contribution in [1.82, 2.24) is 9.46 Å². The molecule has 9 heteroatoms. The molecule has 3 heterocycles. The summed E-state index contributed by atoms with van der Waals surface area (Å²) in [5.74, 6) is -0.154. The van der Waals surface area contributed by atoms with Crippen LogP contribution in [0.3, 0.4) is 0 Å². The van der Waals surface area contributed by atoms with Crippen LogP contribution in [0.4, 0.5) is 5.88 Å². The first-order valence-corrected chi connectivity index (χ1v) is 10.7. The number of sulfonamides is 1. The zero-order chi connectivity index (χ0) is 17.4. The molecule has 2 aromatic rings. The van der Waals surface area contributed by atoms with Crippen molar-refractivity contribution in [2.24, 2.45) is 5.92 Å². The van der Waals surface area contributed by atoms with E-state index in [1.54, 1.807) is 17.5 Å². The van der Waals surface area contributed by atoms with Crippen molar-refractivity contribution >= 4 is 33.2 Å². The molecule has 4 rings (SSSR count). The molecule has 134 valence electrons. The number of nitrogens with one attached hydrogen (secondary N) is 1. The number of hydrogen-bond donors (Lipinski definition) is 1. The number of piperidine rings is 1. The molecule has 0 spiro atoms. The summed E-state index contributed by atoms with van der Waals surface area (Å²) in [6.45, 7) is 0.643. The van der Waals surface area contributed by atoms with Crippen LogP contribution in [0.25, 0.3) is 0 Å². The van der Waals surface area contributed by atoms with Gasteiger partial charge in [-0.1, -0.05) is 11.2 Å². The standard InChI is InChI=1S/C16H19N3O4S2/c20-15(17-16-12-5-1-6-13(12)18-23-16)11-4-2-8-19(10-11)25(21,22)14-7-3-9-24-14/h3,7,9,11H,1-2,4-6,8,10H2,(H,17,20)/t11-/m1/s1. The van der Waals surface area contributed by atoms with E-state index >= 15 is 0 Å². The number of rotatable bonds is 4. The molecule has 0 aromatic carbocycles. The van der Waals surface area contributed by atoms with Crippen molar-refractivity contribution in [1.29, 1.82) is 0 Å². The van der Waals surface area contributed by atoms with Gasteiger partial charge in [-0.3, -0.25) is 10.1 Å². The van der Waals surface area contributed by atoms with Crippen molar-refractivity contribution in [3.05, 3.63) is 28.8 Å². The van der Waals surface area contributed by atoms with Crippen LogP contribution in [0.5, 0.6) is 0 Å². The average molecular weight is 381 g/mol. The smallest absolute Gasteiger partial charge is 0.252 e. The first kappa shape index (κ1) is 16.7. The van der Waals surface area contributed by atoms with Gasteiger partial charge in [-0.2, -0.15) is 4.31 Å². The van der Waals surface area contributed by atoms with Gasteiger partial charge in [-0.25, -0.2) is 8.42 Å². The van der Waals surface area contributed by atoms with Crippen LogP contribution >= 0.6 is 11.3 Å². The Kier molecular flexibility index (Phi) is 4.38. The summed E-state index contributed by atoms with van der Waals surface area (Å²) in [4.78, 5) is 12.6. The van der Waals surface area contributed by atoms with Gasteiger partial charge in [0, 0.05) is 18.7 Å². The first-order valence-electron chi connectivity index (χ1n) is 8.37. The van der Waals surface area contributed by atoms with Crippen LogP contribution in [-0.4, -0.2) is 36.9 Å². The minimum Gasteiger partial charge on any atom is -0.338 e. The third-order valence-electron chi connectivity index (χ3n) is 4.79. The summed E-state index contributed by atoms with van der Waals surface area (Å²) in [5, 5.41) is 8.54. The summed E-state index contributed by atoms with van der Waals surface area (Å²) in [6.07, 6.45) is 4.09. The summed E-state index contributed by atoms with van der Waals surface area (Å²) in [5.41, 5.74) is 1.90. The van der Waals surface area contributed by atoms with E-state index in [1.807, 2.05) is 0 Å². The fourth-order valence-corrected chi connectivity index (χ4v) is 6.12. The number of aryl methyl sites for hydroxylation is 1. The lowest BCUT2D eigenvalue weighted by Crippen LogP contribution is -2.43. The quantitative estimate of drug-likeness (QED) is 0.877. The van der Waals surface area contributed by atoms with E-state index in [9.17, 15) is 13.2 Å². The van der Waals surface area contributed by atoms with Gasteiger partial charge in [-0.05, 0) is 43.6 Å². The zero-order valence-corrected chi connectivity index (χ0v) is 15.2. The number of nitrogens with zero attached hydrogens (tertiary/aromatic N) is 2. The van der Waals surface area contributed by atoms with Crippen molar-refractivity contribution in [3.8, 4) is 0 Å². The second kappa shape index (κ2) is 6.54. The van der Waals surface area contributed by atoms with Gasteiger partial charge < -0.3 is 4.52 Å². The highest BCUT2D eigenvalue weighted by Crippen LogP contribution is 2.30. The lowest BCUT2D eigenvalue weighted by atomic mass is 9.99. The van der Waals surface area contributed by atoms with Gasteiger partial charge in [0.05, 0.1) is 11.6 Å². The van der Waals surface area contributed by atoms with E-state index in [2.05, 4.69) is 10.5 Å². The topological polar surface area (TPSA) is 92.5 Å². The lowest BCUT2D eigenvalue weighted by molar-refractivity contribution is -0.121. The van der Waals surface area contributed by atoms with E-state index in [4.69, 9.17) is 4.52 Å². The number of anilines is 1. The minimum atomic E-state index is -3.52. The number of carbonyl (C=O) groups excluding carboxylic acids is 1. The highest BCUT2D eigenvalue weighted by atomic mass is 32.2. The average Bonchev–Trinajstić information content (AvgIpc) is 3.34. The van der Waals surface area contributed by atoms with Crippen LogP contribution in [0.15, 0.2) is 26.2 Å². The minimum absolute atomic E-state index is 0.197. The Bertz CT molecular complexity index is 873. The van der Waals surface area contributed by atoms with Crippen molar-refractivity contribution in [3.63, 3.8) is 0 Å². The Morgan fingerprint density at radius 2 is 2.24 bits per heavy atom. The number of thiophene rings is 1. The normalized spacial score (nSPS) is 21.2. The van der Waals surface area contributed by atoms with E-state index in [1.165, 1.54) is 15.6 Å². The molecule has 2 aromatic heterocycles. The van der Waals surface area contributed by atoms with Crippen molar-refractivity contribution in [2.45, 2.75) is 36.3 Å². The van der Waals surface area contributed by atoms with Gasteiger partial charge >= 0.3 is 0 Å². The fourth-order valence-electron chi connectivity index (χ4n) is 3.45. The molecule has 1 aliphatic heterocycles. The van der Waals surface area contributed by atoms with Crippen LogP contribution in [-0.2, 0) is 27.7 Å². The van der Waals surface area contributed by atoms with E-state index < -0.39 is 10.0 Å². The lowest BCUT2D eigenvalue weighted by Gasteiger charge is -2.30. The molecule has 1 N–H and O–H groups in total. The summed E-state index contributed by atoms with van der Waals surface area (Å²) < 4.78 is 32.3. The molecule has 7 nitrogen and oxygen atoms in total. The number of aromatic nitrogens is 1. The Hall–Kier alpha value is -1.71. The maximum Gasteiger partial charge on any atom is 0.252 e. The number of carbonyl (C=O) groups is 1. The summed E-state index contributed by atoms with van der Waals surface area (Å²) in [6, 6.07) is 3.32. The Morgan fingerprint density at radius 3 is 3.04 bits per heavy atom. The molecule has 1 fully saturated rings. The van der Waals surface area contributed by atoms with Gasteiger partial charge in [-0.15, -0.1) is 11.3 Å². The molecule has 1 amide bonds. The maximum atomic E-state index is 12.7. The highest BCUT2D eigenvalue weighted by molar-refractivity contribution is 7.91. The molecule has 0 bridgehead atoms. The Labute approximate surface area is 150 Å². The predicted octanol–water partition coefficient (Wildman–Crippen LogP) is 2.26. The van der Waals surface area contributed by atoms with Crippen LogP contribution < -0.4 is 5.32 Å². The second-order valence-electron chi connectivity index (χ2n) is 6.41. The van der Waals surface area contributed by atoms with Crippen LogP contribution in [0.2, 0.25) is 0 Å². The molecule has 1 saturated heterocycles. The number of amides is 1. The molecule has 1 aliphatic carbocycles. The Morgan fingerprint density at radius 1 is 1.36 bits per heavy atom. The first-order chi connectivity index (χ1) is 12.1. The molecular formula is C16H19N3O4S2. The molecular weight excluding hydrogens is 362 g/mol. The highest BCUT2D eigenvalue weighted by Gasteiger charge is 2.34. The van der Waals surface area contributed by atoms with Gasteiger partial charge in [0.1, 0.15) is 4.21 Å². The molecule has 0 radical (unpaired) electrons. The predicted molar refractivity (Wildman–Crippen MR) is 93.0 cm³/mol.